The van der Waals surface area contributed by atoms with Crippen LogP contribution in [-0.2, 0) is 0 Å². The summed E-state index contributed by atoms with van der Waals surface area (Å²) in [5, 5.41) is 15.1. The van der Waals surface area contributed by atoms with E-state index in [4.69, 9.17) is 5.73 Å². The minimum atomic E-state index is -0.628. The smallest absolute Gasteiger partial charge is 0.0845 e. The van der Waals surface area contributed by atoms with Crippen LogP contribution in [0.25, 0.3) is 10.9 Å². The summed E-state index contributed by atoms with van der Waals surface area (Å²) in [7, 11) is 0. The highest BCUT2D eigenvalue weighted by molar-refractivity contribution is 5.96. The van der Waals surface area contributed by atoms with E-state index in [0.717, 1.165) is 42.3 Å². The average molecular weight is 271 g/mol. The summed E-state index contributed by atoms with van der Waals surface area (Å²) in [6.07, 6.45) is 5.56. The molecule has 3 rings (SSSR count). The van der Waals surface area contributed by atoms with Gasteiger partial charge in [0.1, 0.15) is 0 Å². The third-order valence-corrected chi connectivity index (χ3v) is 4.44. The molecule has 1 aromatic carbocycles. The second-order valence-electron chi connectivity index (χ2n) is 5.78. The van der Waals surface area contributed by atoms with Gasteiger partial charge in [-0.3, -0.25) is 4.98 Å². The number of rotatable bonds is 3. The van der Waals surface area contributed by atoms with Gasteiger partial charge in [-0.25, -0.2) is 0 Å². The van der Waals surface area contributed by atoms with E-state index in [1.807, 2.05) is 31.2 Å². The van der Waals surface area contributed by atoms with Crippen molar-refractivity contribution in [1.82, 2.24) is 4.98 Å². The molecule has 1 saturated carbocycles. The number of nitrogens with one attached hydrogen (secondary N) is 1. The first kappa shape index (κ1) is 13.2. The number of para-hydroxylation sites is 1. The molecule has 1 fully saturated rings. The van der Waals surface area contributed by atoms with E-state index in [1.54, 1.807) is 6.20 Å². The quantitative estimate of drug-likeness (QED) is 0.802. The van der Waals surface area contributed by atoms with Crippen molar-refractivity contribution in [1.29, 1.82) is 0 Å². The molecule has 106 valence electrons. The second-order valence-corrected chi connectivity index (χ2v) is 5.78. The fourth-order valence-electron chi connectivity index (χ4n) is 3.09. The molecule has 1 aliphatic rings. The zero-order valence-corrected chi connectivity index (χ0v) is 11.8. The standard InChI is InChI=1S/C16H21N3O/c1-11(16(20)8-4-5-9-16)19-15-12-6-2-3-7-14(12)18-10-13(15)17/h2-3,6-7,10-11,20H,4-5,8-9,17H2,1H3,(H,18,19). The molecular weight excluding hydrogens is 250 g/mol. The van der Waals surface area contributed by atoms with E-state index in [0.29, 0.717) is 5.69 Å². The normalized spacial score (nSPS) is 19.1. The highest BCUT2D eigenvalue weighted by Crippen LogP contribution is 2.36. The first-order valence-corrected chi connectivity index (χ1v) is 7.22. The van der Waals surface area contributed by atoms with Gasteiger partial charge in [0.15, 0.2) is 0 Å². The van der Waals surface area contributed by atoms with E-state index < -0.39 is 5.60 Å². The van der Waals surface area contributed by atoms with Crippen molar-refractivity contribution in [2.24, 2.45) is 0 Å². The third-order valence-electron chi connectivity index (χ3n) is 4.44. The fourth-order valence-corrected chi connectivity index (χ4v) is 3.09. The number of hydrogen-bond donors (Lipinski definition) is 3. The van der Waals surface area contributed by atoms with Crippen molar-refractivity contribution in [3.05, 3.63) is 30.5 Å². The van der Waals surface area contributed by atoms with Gasteiger partial charge in [0.05, 0.1) is 34.7 Å². The van der Waals surface area contributed by atoms with Crippen LogP contribution < -0.4 is 11.1 Å². The highest BCUT2D eigenvalue weighted by atomic mass is 16.3. The van der Waals surface area contributed by atoms with Gasteiger partial charge in [0.25, 0.3) is 0 Å². The van der Waals surface area contributed by atoms with E-state index in [1.165, 1.54) is 0 Å². The lowest BCUT2D eigenvalue weighted by Gasteiger charge is -2.32. The summed E-state index contributed by atoms with van der Waals surface area (Å²) in [4.78, 5) is 4.34. The van der Waals surface area contributed by atoms with Crippen molar-refractivity contribution in [2.45, 2.75) is 44.2 Å². The lowest BCUT2D eigenvalue weighted by Crippen LogP contribution is -2.42. The predicted octanol–water partition coefficient (Wildman–Crippen LogP) is 2.92. The Morgan fingerprint density at radius 3 is 2.75 bits per heavy atom. The Hall–Kier alpha value is -1.81. The minimum absolute atomic E-state index is 0.0295. The van der Waals surface area contributed by atoms with E-state index in [9.17, 15) is 5.11 Å². The highest BCUT2D eigenvalue weighted by Gasteiger charge is 2.37. The van der Waals surface area contributed by atoms with Gasteiger partial charge in [-0.2, -0.15) is 0 Å². The molecule has 1 atom stereocenters. The molecule has 20 heavy (non-hydrogen) atoms. The van der Waals surface area contributed by atoms with Gasteiger partial charge in [-0.1, -0.05) is 31.0 Å². The molecule has 0 amide bonds. The number of aliphatic hydroxyl groups is 1. The molecule has 1 aliphatic carbocycles. The maximum absolute atomic E-state index is 10.7. The maximum Gasteiger partial charge on any atom is 0.0845 e. The van der Waals surface area contributed by atoms with Crippen molar-refractivity contribution >= 4 is 22.3 Å². The lowest BCUT2D eigenvalue weighted by atomic mass is 9.93. The van der Waals surface area contributed by atoms with Crippen molar-refractivity contribution in [3.8, 4) is 0 Å². The number of nitrogen functional groups attached to an aromatic ring is 1. The summed E-state index contributed by atoms with van der Waals surface area (Å²) < 4.78 is 0. The van der Waals surface area contributed by atoms with Crippen molar-refractivity contribution < 1.29 is 5.11 Å². The molecular formula is C16H21N3O. The Labute approximate surface area is 119 Å². The lowest BCUT2D eigenvalue weighted by molar-refractivity contribution is 0.0331. The third kappa shape index (κ3) is 2.20. The van der Waals surface area contributed by atoms with Crippen LogP contribution in [0.5, 0.6) is 0 Å². The number of pyridine rings is 1. The van der Waals surface area contributed by atoms with E-state index in [2.05, 4.69) is 10.3 Å². The van der Waals surface area contributed by atoms with Gasteiger partial charge in [-0.15, -0.1) is 0 Å². The number of anilines is 2. The Bertz CT molecular complexity index is 620. The molecule has 0 aliphatic heterocycles. The van der Waals surface area contributed by atoms with Gasteiger partial charge in [0.2, 0.25) is 0 Å². The fraction of sp³-hybridized carbons (Fsp3) is 0.438. The van der Waals surface area contributed by atoms with Crippen molar-refractivity contribution in [3.63, 3.8) is 0 Å². The zero-order chi connectivity index (χ0) is 14.2. The first-order chi connectivity index (χ1) is 9.60. The zero-order valence-electron chi connectivity index (χ0n) is 11.8. The van der Waals surface area contributed by atoms with Crippen LogP contribution in [0.4, 0.5) is 11.4 Å². The molecule has 1 aromatic heterocycles. The number of aromatic nitrogens is 1. The second kappa shape index (κ2) is 4.94. The predicted molar refractivity (Wildman–Crippen MR) is 82.7 cm³/mol. The van der Waals surface area contributed by atoms with Crippen LogP contribution in [0.15, 0.2) is 30.5 Å². The number of benzene rings is 1. The molecule has 0 spiro atoms. The van der Waals surface area contributed by atoms with Gasteiger partial charge >= 0.3 is 0 Å². The molecule has 1 unspecified atom stereocenters. The average Bonchev–Trinajstić information content (AvgIpc) is 2.90. The van der Waals surface area contributed by atoms with E-state index in [-0.39, 0.29) is 6.04 Å². The molecule has 0 radical (unpaired) electrons. The number of hydrogen-bond acceptors (Lipinski definition) is 4. The number of nitrogens with zero attached hydrogens (tertiary/aromatic N) is 1. The summed E-state index contributed by atoms with van der Waals surface area (Å²) in [6.45, 7) is 2.03. The Morgan fingerprint density at radius 2 is 2.00 bits per heavy atom. The van der Waals surface area contributed by atoms with Crippen LogP contribution in [-0.4, -0.2) is 21.7 Å². The van der Waals surface area contributed by atoms with E-state index >= 15 is 0 Å². The summed E-state index contributed by atoms with van der Waals surface area (Å²) in [6, 6.07) is 7.88. The topological polar surface area (TPSA) is 71.2 Å². The largest absolute Gasteiger partial charge is 0.396 e. The SMILES string of the molecule is CC(Nc1c(N)cnc2ccccc12)C1(O)CCCC1. The molecule has 1 heterocycles. The summed E-state index contributed by atoms with van der Waals surface area (Å²) >= 11 is 0. The van der Waals surface area contributed by atoms with Crippen LogP contribution >= 0.6 is 0 Å². The summed E-state index contributed by atoms with van der Waals surface area (Å²) in [5.41, 5.74) is 7.85. The Kier molecular flexibility index (Phi) is 3.26. The van der Waals surface area contributed by atoms with Crippen LogP contribution in [0.3, 0.4) is 0 Å². The molecule has 2 aromatic rings. The van der Waals surface area contributed by atoms with Gasteiger partial charge in [-0.05, 0) is 25.8 Å². The monoisotopic (exact) mass is 271 g/mol. The Balaban J connectivity index is 1.96. The molecule has 4 nitrogen and oxygen atoms in total. The van der Waals surface area contributed by atoms with Crippen LogP contribution in [0.2, 0.25) is 0 Å². The molecule has 0 saturated heterocycles. The van der Waals surface area contributed by atoms with Gasteiger partial charge in [0, 0.05) is 5.39 Å². The number of nitrogens with two attached hydrogens (primary N) is 1. The van der Waals surface area contributed by atoms with Crippen LogP contribution in [0.1, 0.15) is 32.6 Å². The molecule has 4 N–H and O–H groups in total. The summed E-state index contributed by atoms with van der Waals surface area (Å²) in [5.74, 6) is 0. The van der Waals surface area contributed by atoms with Crippen molar-refractivity contribution in [2.75, 3.05) is 11.1 Å². The molecule has 4 heteroatoms. The molecule has 0 bridgehead atoms. The number of fused-ring (bicyclic) bond motifs is 1. The van der Waals surface area contributed by atoms with Gasteiger partial charge < -0.3 is 16.2 Å². The maximum atomic E-state index is 10.7. The first-order valence-electron chi connectivity index (χ1n) is 7.22. The minimum Gasteiger partial charge on any atom is -0.396 e. The van der Waals surface area contributed by atoms with Crippen LogP contribution in [0, 0.1) is 0 Å². The Morgan fingerprint density at radius 1 is 1.30 bits per heavy atom.